The van der Waals surface area contributed by atoms with Gasteiger partial charge in [0.1, 0.15) is 0 Å². The predicted molar refractivity (Wildman–Crippen MR) is 76.3 cm³/mol. The van der Waals surface area contributed by atoms with Crippen molar-refractivity contribution in [2.45, 2.75) is 33.1 Å². The minimum Gasteiger partial charge on any atom is -0.481 e. The molecule has 0 radical (unpaired) electrons. The van der Waals surface area contributed by atoms with E-state index in [-0.39, 0.29) is 0 Å². The minimum atomic E-state index is -0.703. The first-order chi connectivity index (χ1) is 8.99. The molecule has 0 saturated carbocycles. The van der Waals surface area contributed by atoms with Crippen molar-refractivity contribution in [3.63, 3.8) is 0 Å². The fourth-order valence-corrected chi connectivity index (χ4v) is 2.48. The summed E-state index contributed by atoms with van der Waals surface area (Å²) in [7, 11) is 0. The molecule has 104 valence electrons. The predicted octanol–water partition coefficient (Wildman–Crippen LogP) is 2.59. The summed E-state index contributed by atoms with van der Waals surface area (Å²) < 4.78 is 0. The molecule has 3 heteroatoms. The van der Waals surface area contributed by atoms with Gasteiger partial charge < -0.3 is 10.0 Å². The van der Waals surface area contributed by atoms with E-state index in [1.165, 1.54) is 11.1 Å². The van der Waals surface area contributed by atoms with Crippen LogP contribution in [0.25, 0.3) is 0 Å². The van der Waals surface area contributed by atoms with Gasteiger partial charge in [-0.25, -0.2) is 0 Å². The highest BCUT2D eigenvalue weighted by Crippen LogP contribution is 2.22. The summed E-state index contributed by atoms with van der Waals surface area (Å²) in [5.41, 5.74) is 2.27. The third kappa shape index (κ3) is 3.57. The first-order valence-corrected chi connectivity index (χ1v) is 7.01. The van der Waals surface area contributed by atoms with E-state index >= 15 is 0 Å². The number of carboxylic acid groups (broad SMARTS) is 1. The summed E-state index contributed by atoms with van der Waals surface area (Å²) >= 11 is 0. The number of aliphatic carboxylic acids is 1. The molecule has 1 aliphatic heterocycles. The number of fused-ring (bicyclic) bond motifs is 1. The van der Waals surface area contributed by atoms with Crippen LogP contribution in [0.1, 0.15) is 31.4 Å². The monoisotopic (exact) mass is 261 g/mol. The first kappa shape index (κ1) is 14.1. The van der Waals surface area contributed by atoms with Crippen molar-refractivity contribution in [1.82, 2.24) is 4.90 Å². The second-order valence-corrected chi connectivity index (χ2v) is 6.05. The Balaban J connectivity index is 1.90. The smallest absolute Gasteiger partial charge is 0.309 e. The number of benzene rings is 1. The SMILES string of the molecule is CC(C)(CCN1CCc2ccccc2CC1)C(=O)O. The number of rotatable bonds is 4. The van der Waals surface area contributed by atoms with E-state index in [0.717, 1.165) is 32.5 Å². The highest BCUT2D eigenvalue weighted by atomic mass is 16.4. The molecule has 2 rings (SSSR count). The largest absolute Gasteiger partial charge is 0.481 e. The molecule has 0 unspecified atom stereocenters. The Labute approximate surface area is 115 Å². The van der Waals surface area contributed by atoms with Gasteiger partial charge in [0, 0.05) is 13.1 Å². The van der Waals surface area contributed by atoms with Crippen molar-refractivity contribution in [3.05, 3.63) is 35.4 Å². The number of nitrogens with zero attached hydrogens (tertiary/aromatic N) is 1. The Kier molecular flexibility index (Phi) is 4.25. The van der Waals surface area contributed by atoms with Crippen LogP contribution in [0, 0.1) is 5.41 Å². The standard InChI is InChI=1S/C16H23NO2/c1-16(2,15(18)19)9-12-17-10-7-13-5-3-4-6-14(13)8-11-17/h3-6H,7-12H2,1-2H3,(H,18,19). The molecule has 1 N–H and O–H groups in total. The fourth-order valence-electron chi connectivity index (χ4n) is 2.48. The van der Waals surface area contributed by atoms with Crippen LogP contribution in [-0.4, -0.2) is 35.6 Å². The van der Waals surface area contributed by atoms with Gasteiger partial charge in [-0.1, -0.05) is 24.3 Å². The van der Waals surface area contributed by atoms with Crippen LogP contribution in [0.15, 0.2) is 24.3 Å². The van der Waals surface area contributed by atoms with Gasteiger partial charge in [-0.2, -0.15) is 0 Å². The van der Waals surface area contributed by atoms with Crippen molar-refractivity contribution in [1.29, 1.82) is 0 Å². The lowest BCUT2D eigenvalue weighted by Gasteiger charge is -2.25. The van der Waals surface area contributed by atoms with Crippen molar-refractivity contribution < 1.29 is 9.90 Å². The van der Waals surface area contributed by atoms with Crippen LogP contribution in [0.2, 0.25) is 0 Å². The van der Waals surface area contributed by atoms with Crippen LogP contribution in [0.5, 0.6) is 0 Å². The van der Waals surface area contributed by atoms with E-state index in [9.17, 15) is 4.79 Å². The maximum atomic E-state index is 11.1. The van der Waals surface area contributed by atoms with Gasteiger partial charge in [0.25, 0.3) is 0 Å². The summed E-state index contributed by atoms with van der Waals surface area (Å²) in [6, 6.07) is 8.62. The van der Waals surface area contributed by atoms with Gasteiger partial charge in [-0.15, -0.1) is 0 Å². The van der Waals surface area contributed by atoms with E-state index in [1.807, 2.05) is 13.8 Å². The van der Waals surface area contributed by atoms with Gasteiger partial charge in [-0.3, -0.25) is 4.79 Å². The maximum Gasteiger partial charge on any atom is 0.309 e. The van der Waals surface area contributed by atoms with Crippen LogP contribution in [-0.2, 0) is 17.6 Å². The zero-order valence-electron chi connectivity index (χ0n) is 11.9. The van der Waals surface area contributed by atoms with Gasteiger partial charge in [0.05, 0.1) is 5.41 Å². The molecular formula is C16H23NO2. The highest BCUT2D eigenvalue weighted by molar-refractivity contribution is 5.73. The summed E-state index contributed by atoms with van der Waals surface area (Å²) in [6.45, 7) is 6.55. The van der Waals surface area contributed by atoms with E-state index in [0.29, 0.717) is 6.42 Å². The average molecular weight is 261 g/mol. The van der Waals surface area contributed by atoms with Crippen LogP contribution in [0.3, 0.4) is 0 Å². The molecule has 19 heavy (non-hydrogen) atoms. The molecular weight excluding hydrogens is 238 g/mol. The van der Waals surface area contributed by atoms with Crippen LogP contribution < -0.4 is 0 Å². The Morgan fingerprint density at radius 2 is 1.74 bits per heavy atom. The molecule has 1 aromatic carbocycles. The molecule has 0 atom stereocenters. The van der Waals surface area contributed by atoms with Crippen molar-refractivity contribution in [3.8, 4) is 0 Å². The molecule has 0 saturated heterocycles. The highest BCUT2D eigenvalue weighted by Gasteiger charge is 2.27. The Morgan fingerprint density at radius 1 is 1.21 bits per heavy atom. The van der Waals surface area contributed by atoms with E-state index < -0.39 is 11.4 Å². The Morgan fingerprint density at radius 3 is 2.21 bits per heavy atom. The van der Waals surface area contributed by atoms with Gasteiger partial charge in [-0.05, 0) is 50.8 Å². The normalized spacial score (nSPS) is 16.7. The molecule has 0 bridgehead atoms. The molecule has 1 aromatic rings. The zero-order valence-corrected chi connectivity index (χ0v) is 11.9. The third-order valence-corrected chi connectivity index (χ3v) is 4.15. The number of carboxylic acids is 1. The average Bonchev–Trinajstić information content (AvgIpc) is 2.59. The quantitative estimate of drug-likeness (QED) is 0.905. The maximum absolute atomic E-state index is 11.1. The van der Waals surface area contributed by atoms with Crippen molar-refractivity contribution >= 4 is 5.97 Å². The molecule has 0 spiro atoms. The lowest BCUT2D eigenvalue weighted by Crippen LogP contribution is -2.33. The lowest BCUT2D eigenvalue weighted by molar-refractivity contribution is -0.147. The molecule has 0 amide bonds. The summed E-state index contributed by atoms with van der Waals surface area (Å²) in [4.78, 5) is 13.5. The molecule has 1 heterocycles. The zero-order chi connectivity index (χ0) is 13.9. The fraction of sp³-hybridized carbons (Fsp3) is 0.562. The van der Waals surface area contributed by atoms with Crippen LogP contribution in [0.4, 0.5) is 0 Å². The topological polar surface area (TPSA) is 40.5 Å². The summed E-state index contributed by atoms with van der Waals surface area (Å²) in [6.07, 6.45) is 2.85. The molecule has 0 fully saturated rings. The molecule has 1 aliphatic rings. The second kappa shape index (κ2) is 5.74. The van der Waals surface area contributed by atoms with E-state index in [2.05, 4.69) is 29.2 Å². The van der Waals surface area contributed by atoms with Gasteiger partial charge in [0.15, 0.2) is 0 Å². The lowest BCUT2D eigenvalue weighted by atomic mass is 9.89. The molecule has 3 nitrogen and oxygen atoms in total. The van der Waals surface area contributed by atoms with Crippen molar-refractivity contribution in [2.24, 2.45) is 5.41 Å². The number of hydrogen-bond donors (Lipinski definition) is 1. The van der Waals surface area contributed by atoms with Gasteiger partial charge in [0.2, 0.25) is 0 Å². The Hall–Kier alpha value is -1.35. The second-order valence-electron chi connectivity index (χ2n) is 6.05. The van der Waals surface area contributed by atoms with Crippen LogP contribution >= 0.6 is 0 Å². The van der Waals surface area contributed by atoms with Gasteiger partial charge >= 0.3 is 5.97 Å². The van der Waals surface area contributed by atoms with Crippen molar-refractivity contribution in [2.75, 3.05) is 19.6 Å². The number of hydrogen-bond acceptors (Lipinski definition) is 2. The summed E-state index contributed by atoms with van der Waals surface area (Å²) in [5.74, 6) is -0.703. The summed E-state index contributed by atoms with van der Waals surface area (Å²) in [5, 5.41) is 9.15. The minimum absolute atomic E-state index is 0.626. The number of carbonyl (C=O) groups is 1. The van der Waals surface area contributed by atoms with E-state index in [1.54, 1.807) is 0 Å². The first-order valence-electron chi connectivity index (χ1n) is 7.01. The Bertz CT molecular complexity index is 427. The van der Waals surface area contributed by atoms with E-state index in [4.69, 9.17) is 5.11 Å². The third-order valence-electron chi connectivity index (χ3n) is 4.15. The molecule has 0 aromatic heterocycles. The molecule has 0 aliphatic carbocycles.